The summed E-state index contributed by atoms with van der Waals surface area (Å²) in [6.07, 6.45) is 4.19. The largest absolute Gasteiger partial charge is 0.0648 e. The van der Waals surface area contributed by atoms with Gasteiger partial charge in [0.05, 0.1) is 0 Å². The van der Waals surface area contributed by atoms with Crippen molar-refractivity contribution in [1.82, 2.24) is 0 Å². The van der Waals surface area contributed by atoms with Crippen molar-refractivity contribution in [3.8, 4) is 0 Å². The average Bonchev–Trinajstić information content (AvgIpc) is 2.12. The molecule has 0 saturated heterocycles. The number of hydrogen-bond acceptors (Lipinski definition) is 0. The van der Waals surface area contributed by atoms with Gasteiger partial charge in [-0.05, 0) is 25.2 Å². The first-order chi connectivity index (χ1) is 2.43. The Labute approximate surface area is 33.2 Å². The lowest BCUT2D eigenvalue weighted by Crippen LogP contribution is -1.56. The van der Waals surface area contributed by atoms with E-state index in [4.69, 9.17) is 0 Å². The van der Waals surface area contributed by atoms with Crippen LogP contribution < -0.4 is 0 Å². The zero-order chi connectivity index (χ0) is 3.70. The van der Waals surface area contributed by atoms with Crippen molar-refractivity contribution in [3.05, 3.63) is 5.92 Å². The van der Waals surface area contributed by atoms with E-state index in [0.29, 0.717) is 0 Å². The quantitative estimate of drug-likeness (QED) is 0.440. The molecule has 0 heteroatoms. The molecule has 0 unspecified atom stereocenters. The highest BCUT2D eigenvalue weighted by Crippen LogP contribution is 2.34. The Morgan fingerprint density at radius 3 is 2.20 bits per heavy atom. The Morgan fingerprint density at radius 2 is 2.20 bits per heavy atom. The van der Waals surface area contributed by atoms with Gasteiger partial charge in [-0.1, -0.05) is 6.92 Å². The highest BCUT2D eigenvalue weighted by molar-refractivity contribution is 5.03. The Kier molecular flexibility index (Phi) is 0.640. The summed E-state index contributed by atoms with van der Waals surface area (Å²) in [5.41, 5.74) is 0. The van der Waals surface area contributed by atoms with Crippen LogP contribution in [0.25, 0.3) is 0 Å². The van der Waals surface area contributed by atoms with E-state index in [1.54, 1.807) is 5.92 Å². The van der Waals surface area contributed by atoms with Gasteiger partial charge >= 0.3 is 0 Å². The topological polar surface area (TPSA) is 0 Å². The van der Waals surface area contributed by atoms with Gasteiger partial charge in [0, 0.05) is 0 Å². The van der Waals surface area contributed by atoms with E-state index in [0.717, 1.165) is 0 Å². The highest BCUT2D eigenvalue weighted by Gasteiger charge is 2.18. The van der Waals surface area contributed by atoms with Gasteiger partial charge in [-0.15, -0.1) is 0 Å². The first-order valence-corrected chi connectivity index (χ1v) is 2.27. The Morgan fingerprint density at radius 1 is 1.60 bits per heavy atom. The molecule has 0 heterocycles. The van der Waals surface area contributed by atoms with Crippen LogP contribution in [0.4, 0.5) is 0 Å². The maximum absolute atomic E-state index is 2.22. The summed E-state index contributed by atoms with van der Waals surface area (Å²) in [6, 6.07) is 0. The van der Waals surface area contributed by atoms with Gasteiger partial charge in [-0.3, -0.25) is 0 Å². The number of rotatable bonds is 1. The minimum atomic E-state index is 1.33. The van der Waals surface area contributed by atoms with Gasteiger partial charge in [0.1, 0.15) is 0 Å². The lowest BCUT2D eigenvalue weighted by atomic mass is 10.3. The molecule has 0 aliphatic heterocycles. The molecule has 1 fully saturated rings. The summed E-state index contributed by atoms with van der Waals surface area (Å²) < 4.78 is 0. The van der Waals surface area contributed by atoms with Crippen LogP contribution in [0.5, 0.6) is 0 Å². The first-order valence-electron chi connectivity index (χ1n) is 2.27. The van der Waals surface area contributed by atoms with Crippen molar-refractivity contribution in [1.29, 1.82) is 0 Å². The molecule has 0 aromatic heterocycles. The van der Waals surface area contributed by atoms with Gasteiger partial charge in [-0.2, -0.15) is 0 Å². The Balaban J connectivity index is 2.00. The molecular weight excluding hydrogens is 60.1 g/mol. The summed E-state index contributed by atoms with van der Waals surface area (Å²) in [6.45, 7) is 2.22. The Bertz CT molecular complexity index is 27.0. The summed E-state index contributed by atoms with van der Waals surface area (Å²) in [4.78, 5) is 0. The molecule has 5 heavy (non-hydrogen) atoms. The minimum Gasteiger partial charge on any atom is -0.0648 e. The van der Waals surface area contributed by atoms with Crippen molar-refractivity contribution in [2.45, 2.75) is 26.2 Å². The second kappa shape index (κ2) is 1.00. The molecule has 0 spiro atoms. The molecule has 1 radical (unpaired) electrons. The molecule has 0 bridgehead atoms. The summed E-state index contributed by atoms with van der Waals surface area (Å²) in [7, 11) is 0. The van der Waals surface area contributed by atoms with Crippen molar-refractivity contribution in [3.63, 3.8) is 0 Å². The molecular formula is C5H9. The van der Waals surface area contributed by atoms with Crippen LogP contribution in [0.2, 0.25) is 0 Å². The molecule has 0 aromatic carbocycles. The van der Waals surface area contributed by atoms with E-state index < -0.39 is 0 Å². The van der Waals surface area contributed by atoms with Crippen LogP contribution in [-0.4, -0.2) is 0 Å². The summed E-state index contributed by atoms with van der Waals surface area (Å²) >= 11 is 0. The zero-order valence-electron chi connectivity index (χ0n) is 3.62. The maximum atomic E-state index is 2.22. The first kappa shape index (κ1) is 3.20. The minimum absolute atomic E-state index is 1.33. The molecule has 0 atom stereocenters. The van der Waals surface area contributed by atoms with Gasteiger partial charge in [-0.25, -0.2) is 0 Å². The average molecular weight is 69.1 g/mol. The molecule has 0 N–H and O–H groups in total. The monoisotopic (exact) mass is 69.1 g/mol. The SMILES string of the molecule is CC[C]1CC1. The molecule has 0 aromatic rings. The smallest absolute Gasteiger partial charge is 0.0243 e. The fraction of sp³-hybridized carbons (Fsp3) is 0.800. The second-order valence-corrected chi connectivity index (χ2v) is 1.60. The zero-order valence-corrected chi connectivity index (χ0v) is 3.62. The van der Waals surface area contributed by atoms with Crippen LogP contribution in [0, 0.1) is 5.92 Å². The standard InChI is InChI=1S/C5H9/c1-2-5-3-4-5/h2-4H2,1H3. The third-order valence-corrected chi connectivity index (χ3v) is 1.10. The third kappa shape index (κ3) is 0.640. The lowest BCUT2D eigenvalue weighted by molar-refractivity contribution is 1.07. The van der Waals surface area contributed by atoms with E-state index in [1.165, 1.54) is 19.3 Å². The van der Waals surface area contributed by atoms with Gasteiger partial charge in [0.15, 0.2) is 0 Å². The van der Waals surface area contributed by atoms with Gasteiger partial charge in [0.25, 0.3) is 0 Å². The molecule has 29 valence electrons. The molecule has 0 amide bonds. The molecule has 1 rings (SSSR count). The van der Waals surface area contributed by atoms with Crippen LogP contribution in [0.15, 0.2) is 0 Å². The predicted octanol–water partition coefficient (Wildman–Crippen LogP) is 1.76. The van der Waals surface area contributed by atoms with Crippen LogP contribution in [0.1, 0.15) is 26.2 Å². The van der Waals surface area contributed by atoms with E-state index in [9.17, 15) is 0 Å². The van der Waals surface area contributed by atoms with Crippen LogP contribution in [0.3, 0.4) is 0 Å². The third-order valence-electron chi connectivity index (χ3n) is 1.10. The summed E-state index contributed by atoms with van der Waals surface area (Å²) in [5, 5.41) is 0. The van der Waals surface area contributed by atoms with E-state index in [1.807, 2.05) is 0 Å². The fourth-order valence-electron chi connectivity index (χ4n) is 0.442. The summed E-state index contributed by atoms with van der Waals surface area (Å²) in [5.74, 6) is 1.75. The fourth-order valence-corrected chi connectivity index (χ4v) is 0.442. The second-order valence-electron chi connectivity index (χ2n) is 1.60. The van der Waals surface area contributed by atoms with Gasteiger partial charge < -0.3 is 0 Å². The normalized spacial score (nSPS) is 23.4. The van der Waals surface area contributed by atoms with Crippen LogP contribution >= 0.6 is 0 Å². The molecule has 1 aliphatic rings. The van der Waals surface area contributed by atoms with E-state index in [2.05, 4.69) is 6.92 Å². The molecule has 1 saturated carbocycles. The van der Waals surface area contributed by atoms with E-state index in [-0.39, 0.29) is 0 Å². The lowest BCUT2D eigenvalue weighted by Gasteiger charge is -1.72. The highest BCUT2D eigenvalue weighted by atomic mass is 14.2. The van der Waals surface area contributed by atoms with Crippen molar-refractivity contribution >= 4 is 0 Å². The molecule has 0 nitrogen and oxygen atoms in total. The van der Waals surface area contributed by atoms with Crippen LogP contribution in [-0.2, 0) is 0 Å². The van der Waals surface area contributed by atoms with Crippen molar-refractivity contribution in [2.75, 3.05) is 0 Å². The Hall–Kier alpha value is 0. The predicted molar refractivity (Wildman–Crippen MR) is 22.8 cm³/mol. The van der Waals surface area contributed by atoms with E-state index >= 15 is 0 Å². The maximum Gasteiger partial charge on any atom is -0.0243 e. The molecule has 1 aliphatic carbocycles. The number of hydrogen-bond donors (Lipinski definition) is 0. The van der Waals surface area contributed by atoms with Gasteiger partial charge in [0.2, 0.25) is 0 Å². The van der Waals surface area contributed by atoms with Crippen molar-refractivity contribution in [2.24, 2.45) is 0 Å². The van der Waals surface area contributed by atoms with Crippen molar-refractivity contribution < 1.29 is 0 Å².